The molecule has 0 bridgehead atoms. The molecule has 0 aliphatic carbocycles. The second kappa shape index (κ2) is 13.3. The standard InChI is InChI=1S/C20H34N4O4.HI/c1-20(2,3)28-19(25)24(5)13-12-23-18(21-4)22-11-10-15-8-9-16(26-6)17(14-15)27-7;/h8-9,14H,10-13H2,1-7H3,(H2,21,22,23);1H. The zero-order valence-corrected chi connectivity index (χ0v) is 20.8. The van der Waals surface area contributed by atoms with Gasteiger partial charge in [-0.05, 0) is 44.9 Å². The second-order valence-electron chi connectivity index (χ2n) is 7.27. The van der Waals surface area contributed by atoms with E-state index in [0.717, 1.165) is 12.0 Å². The summed E-state index contributed by atoms with van der Waals surface area (Å²) in [6.07, 6.45) is 0.462. The van der Waals surface area contributed by atoms with E-state index in [0.29, 0.717) is 37.1 Å². The van der Waals surface area contributed by atoms with Crippen molar-refractivity contribution < 1.29 is 19.0 Å². The molecule has 1 rings (SSSR count). The van der Waals surface area contributed by atoms with Crippen molar-refractivity contribution in [1.29, 1.82) is 0 Å². The Labute approximate surface area is 191 Å². The van der Waals surface area contributed by atoms with E-state index in [1.54, 1.807) is 28.3 Å². The van der Waals surface area contributed by atoms with Crippen molar-refractivity contribution in [3.8, 4) is 11.5 Å². The molecule has 166 valence electrons. The van der Waals surface area contributed by atoms with E-state index >= 15 is 0 Å². The Kier molecular flexibility index (Phi) is 12.5. The topological polar surface area (TPSA) is 84.4 Å². The molecule has 0 spiro atoms. The number of likely N-dealkylation sites (N-methyl/N-ethyl adjacent to an activating group) is 1. The lowest BCUT2D eigenvalue weighted by atomic mass is 10.1. The molecule has 0 fully saturated rings. The number of carbonyl (C=O) groups excluding carboxylic acids is 1. The molecule has 0 aromatic heterocycles. The maximum absolute atomic E-state index is 11.9. The molecule has 0 aliphatic heterocycles. The summed E-state index contributed by atoms with van der Waals surface area (Å²) in [7, 11) is 6.67. The Morgan fingerprint density at radius 1 is 1.10 bits per heavy atom. The normalized spacial score (nSPS) is 11.2. The minimum Gasteiger partial charge on any atom is -0.493 e. The molecular weight excluding hydrogens is 487 g/mol. The highest BCUT2D eigenvalue weighted by Gasteiger charge is 2.19. The van der Waals surface area contributed by atoms with Crippen molar-refractivity contribution in [2.45, 2.75) is 32.8 Å². The lowest BCUT2D eigenvalue weighted by Crippen LogP contribution is -2.43. The van der Waals surface area contributed by atoms with Gasteiger partial charge < -0.3 is 29.7 Å². The number of carbonyl (C=O) groups is 1. The smallest absolute Gasteiger partial charge is 0.410 e. The van der Waals surface area contributed by atoms with Crippen LogP contribution >= 0.6 is 24.0 Å². The number of amides is 1. The molecule has 0 aliphatic rings. The third-order valence-electron chi connectivity index (χ3n) is 3.82. The lowest BCUT2D eigenvalue weighted by Gasteiger charge is -2.24. The summed E-state index contributed by atoms with van der Waals surface area (Å²) >= 11 is 0. The van der Waals surface area contributed by atoms with Crippen LogP contribution in [0, 0.1) is 0 Å². The maximum Gasteiger partial charge on any atom is 0.410 e. The summed E-state index contributed by atoms with van der Waals surface area (Å²) in [5, 5.41) is 6.45. The van der Waals surface area contributed by atoms with Crippen LogP contribution in [0.15, 0.2) is 23.2 Å². The van der Waals surface area contributed by atoms with Gasteiger partial charge in [-0.15, -0.1) is 24.0 Å². The number of nitrogens with zero attached hydrogens (tertiary/aromatic N) is 2. The number of aliphatic imine (C=N–C) groups is 1. The number of ether oxygens (including phenoxy) is 3. The highest BCUT2D eigenvalue weighted by Crippen LogP contribution is 2.27. The van der Waals surface area contributed by atoms with Gasteiger partial charge in [0.25, 0.3) is 0 Å². The van der Waals surface area contributed by atoms with Gasteiger partial charge in [-0.25, -0.2) is 4.79 Å². The van der Waals surface area contributed by atoms with Crippen molar-refractivity contribution in [3.63, 3.8) is 0 Å². The van der Waals surface area contributed by atoms with E-state index in [1.807, 2.05) is 39.0 Å². The molecule has 2 N–H and O–H groups in total. The number of hydrogen-bond acceptors (Lipinski definition) is 5. The van der Waals surface area contributed by atoms with Crippen LogP contribution in [0.25, 0.3) is 0 Å². The van der Waals surface area contributed by atoms with Crippen LogP contribution in [0.5, 0.6) is 11.5 Å². The minimum atomic E-state index is -0.500. The van der Waals surface area contributed by atoms with Crippen LogP contribution in [-0.2, 0) is 11.2 Å². The second-order valence-corrected chi connectivity index (χ2v) is 7.27. The van der Waals surface area contributed by atoms with Gasteiger partial charge in [-0.1, -0.05) is 6.07 Å². The zero-order valence-electron chi connectivity index (χ0n) is 18.5. The van der Waals surface area contributed by atoms with E-state index in [4.69, 9.17) is 14.2 Å². The summed E-state index contributed by atoms with van der Waals surface area (Å²) in [5.41, 5.74) is 0.630. The summed E-state index contributed by atoms with van der Waals surface area (Å²) in [6, 6.07) is 5.87. The number of halogens is 1. The van der Waals surface area contributed by atoms with Crippen LogP contribution in [0.1, 0.15) is 26.3 Å². The Bertz CT molecular complexity index is 662. The Balaban J connectivity index is 0.00000784. The molecule has 0 atom stereocenters. The number of nitrogens with one attached hydrogen (secondary N) is 2. The quantitative estimate of drug-likeness (QED) is 0.311. The van der Waals surface area contributed by atoms with Gasteiger partial charge in [-0.3, -0.25) is 4.99 Å². The van der Waals surface area contributed by atoms with Crippen molar-refractivity contribution >= 4 is 36.0 Å². The van der Waals surface area contributed by atoms with Crippen molar-refractivity contribution in [2.24, 2.45) is 4.99 Å². The van der Waals surface area contributed by atoms with Gasteiger partial charge in [0.05, 0.1) is 14.2 Å². The molecule has 1 aromatic rings. The fourth-order valence-electron chi connectivity index (χ4n) is 2.36. The van der Waals surface area contributed by atoms with Crippen molar-refractivity contribution in [1.82, 2.24) is 15.5 Å². The summed E-state index contributed by atoms with van der Waals surface area (Å²) in [4.78, 5) is 17.7. The van der Waals surface area contributed by atoms with Crippen LogP contribution < -0.4 is 20.1 Å². The molecular formula is C20H35IN4O4. The molecule has 0 saturated carbocycles. The zero-order chi connectivity index (χ0) is 21.2. The summed E-state index contributed by atoms with van der Waals surface area (Å²) < 4.78 is 15.9. The van der Waals surface area contributed by atoms with Crippen LogP contribution in [0.4, 0.5) is 4.79 Å². The fourth-order valence-corrected chi connectivity index (χ4v) is 2.36. The predicted octanol–water partition coefficient (Wildman–Crippen LogP) is 2.90. The molecule has 0 unspecified atom stereocenters. The number of rotatable bonds is 8. The first-order valence-electron chi connectivity index (χ1n) is 9.29. The highest BCUT2D eigenvalue weighted by atomic mass is 127. The minimum absolute atomic E-state index is 0. The molecule has 1 amide bonds. The summed E-state index contributed by atoms with van der Waals surface area (Å²) in [5.74, 6) is 2.11. The average Bonchev–Trinajstić information content (AvgIpc) is 2.64. The third-order valence-corrected chi connectivity index (χ3v) is 3.82. The molecule has 8 nitrogen and oxygen atoms in total. The maximum atomic E-state index is 11.9. The number of methoxy groups -OCH3 is 2. The van der Waals surface area contributed by atoms with Gasteiger partial charge in [-0.2, -0.15) is 0 Å². The largest absolute Gasteiger partial charge is 0.493 e. The SMILES string of the molecule is CN=C(NCCc1ccc(OC)c(OC)c1)NCCN(C)C(=O)OC(C)(C)C.I. The van der Waals surface area contributed by atoms with Crippen molar-refractivity contribution in [3.05, 3.63) is 23.8 Å². The molecule has 0 heterocycles. The van der Waals surface area contributed by atoms with Gasteiger partial charge in [0.2, 0.25) is 0 Å². The molecule has 1 aromatic carbocycles. The monoisotopic (exact) mass is 522 g/mol. The van der Waals surface area contributed by atoms with Crippen LogP contribution in [0.3, 0.4) is 0 Å². The Morgan fingerprint density at radius 2 is 1.72 bits per heavy atom. The highest BCUT2D eigenvalue weighted by molar-refractivity contribution is 14.0. The fraction of sp³-hybridized carbons (Fsp3) is 0.600. The predicted molar refractivity (Wildman–Crippen MR) is 127 cm³/mol. The molecule has 9 heteroatoms. The van der Waals surface area contributed by atoms with Gasteiger partial charge in [0.1, 0.15) is 5.60 Å². The van der Waals surface area contributed by atoms with Crippen LogP contribution in [0.2, 0.25) is 0 Å². The molecule has 0 radical (unpaired) electrons. The molecule has 29 heavy (non-hydrogen) atoms. The number of benzene rings is 1. The first-order chi connectivity index (χ1) is 13.2. The average molecular weight is 522 g/mol. The first-order valence-corrected chi connectivity index (χ1v) is 9.29. The van der Waals surface area contributed by atoms with Crippen molar-refractivity contribution in [2.75, 3.05) is 47.9 Å². The Hall–Kier alpha value is -1.91. The number of hydrogen-bond donors (Lipinski definition) is 2. The number of guanidine groups is 1. The third kappa shape index (κ3) is 10.4. The van der Waals surface area contributed by atoms with Gasteiger partial charge in [0, 0.05) is 33.7 Å². The summed E-state index contributed by atoms with van der Waals surface area (Å²) in [6.45, 7) is 7.32. The van der Waals surface area contributed by atoms with E-state index in [1.165, 1.54) is 4.90 Å². The van der Waals surface area contributed by atoms with Gasteiger partial charge in [0.15, 0.2) is 17.5 Å². The van der Waals surface area contributed by atoms with E-state index in [9.17, 15) is 4.79 Å². The Morgan fingerprint density at radius 3 is 2.28 bits per heavy atom. The van der Waals surface area contributed by atoms with E-state index in [2.05, 4.69) is 15.6 Å². The van der Waals surface area contributed by atoms with Crippen LogP contribution in [-0.4, -0.2) is 70.5 Å². The lowest BCUT2D eigenvalue weighted by molar-refractivity contribution is 0.0302. The molecule has 0 saturated heterocycles. The van der Waals surface area contributed by atoms with E-state index < -0.39 is 5.60 Å². The first kappa shape index (κ1) is 27.1. The van der Waals surface area contributed by atoms with E-state index in [-0.39, 0.29) is 30.1 Å². The van der Waals surface area contributed by atoms with Gasteiger partial charge >= 0.3 is 6.09 Å².